The molecular formula is C21H25NO4. The monoisotopic (exact) mass is 355 g/mol. The number of hydrogen-bond donors (Lipinski definition) is 1. The molecule has 2 rings (SSSR count). The molecule has 0 aliphatic heterocycles. The largest absolute Gasteiger partial charge is 0.479 e. The maximum atomic E-state index is 12.4. The van der Waals surface area contributed by atoms with Crippen LogP contribution >= 0.6 is 0 Å². The van der Waals surface area contributed by atoms with Crippen molar-refractivity contribution in [1.82, 2.24) is 0 Å². The summed E-state index contributed by atoms with van der Waals surface area (Å²) < 4.78 is 10.6. The van der Waals surface area contributed by atoms with E-state index in [4.69, 9.17) is 9.47 Å². The molecule has 0 aliphatic rings. The Morgan fingerprint density at radius 2 is 1.73 bits per heavy atom. The zero-order chi connectivity index (χ0) is 18.9. The second kappa shape index (κ2) is 9.61. The van der Waals surface area contributed by atoms with E-state index < -0.39 is 12.1 Å². The molecule has 0 aromatic heterocycles. The van der Waals surface area contributed by atoms with Crippen LogP contribution in [0.4, 0.5) is 5.69 Å². The van der Waals surface area contributed by atoms with Crippen LogP contribution < -0.4 is 10.1 Å². The number of rotatable bonds is 8. The number of carbonyl (C=O) groups is 2. The van der Waals surface area contributed by atoms with Crippen molar-refractivity contribution >= 4 is 17.6 Å². The first-order valence-electron chi connectivity index (χ1n) is 8.87. The second-order valence-corrected chi connectivity index (χ2v) is 5.92. The minimum atomic E-state index is -0.697. The van der Waals surface area contributed by atoms with E-state index in [0.29, 0.717) is 17.9 Å². The zero-order valence-electron chi connectivity index (χ0n) is 15.5. The van der Waals surface area contributed by atoms with Crippen molar-refractivity contribution in [1.29, 1.82) is 0 Å². The van der Waals surface area contributed by atoms with Gasteiger partial charge in [0.2, 0.25) is 0 Å². The Morgan fingerprint density at radius 3 is 2.38 bits per heavy atom. The fourth-order valence-electron chi connectivity index (χ4n) is 2.40. The van der Waals surface area contributed by atoms with Gasteiger partial charge in [-0.3, -0.25) is 4.79 Å². The summed E-state index contributed by atoms with van der Waals surface area (Å²) in [5.41, 5.74) is 2.41. The Bertz CT molecular complexity index is 740. The lowest BCUT2D eigenvalue weighted by molar-refractivity contribution is -0.151. The molecule has 0 spiro atoms. The number of esters is 1. The predicted molar refractivity (Wildman–Crippen MR) is 102 cm³/mol. The van der Waals surface area contributed by atoms with E-state index in [1.165, 1.54) is 0 Å². The van der Waals surface area contributed by atoms with Gasteiger partial charge < -0.3 is 14.8 Å². The average molecular weight is 355 g/mol. The van der Waals surface area contributed by atoms with Crippen LogP contribution in [0.3, 0.4) is 0 Å². The molecular weight excluding hydrogens is 330 g/mol. The van der Waals surface area contributed by atoms with E-state index in [1.54, 1.807) is 31.2 Å². The van der Waals surface area contributed by atoms with Gasteiger partial charge in [-0.15, -0.1) is 0 Å². The fourth-order valence-corrected chi connectivity index (χ4v) is 2.40. The number of ether oxygens (including phenoxy) is 2. The smallest absolute Gasteiger partial charge is 0.347 e. The summed E-state index contributed by atoms with van der Waals surface area (Å²) in [5.74, 6) is -0.0749. The third kappa shape index (κ3) is 5.34. The molecule has 5 nitrogen and oxygen atoms in total. The Balaban J connectivity index is 1.98. The number of para-hydroxylation sites is 1. The van der Waals surface area contributed by atoms with E-state index in [2.05, 4.69) is 5.32 Å². The number of hydrogen-bond acceptors (Lipinski definition) is 4. The van der Waals surface area contributed by atoms with Crippen LogP contribution in [0.1, 0.15) is 43.1 Å². The van der Waals surface area contributed by atoms with Gasteiger partial charge in [-0.05, 0) is 55.7 Å². The van der Waals surface area contributed by atoms with Crippen molar-refractivity contribution < 1.29 is 19.1 Å². The van der Waals surface area contributed by atoms with Crippen LogP contribution in [0.2, 0.25) is 0 Å². The summed E-state index contributed by atoms with van der Waals surface area (Å²) in [5, 5.41) is 2.93. The molecule has 0 radical (unpaired) electrons. The molecule has 1 unspecified atom stereocenters. The van der Waals surface area contributed by atoms with Gasteiger partial charge in [0.05, 0.1) is 6.61 Å². The quantitative estimate of drug-likeness (QED) is 0.720. The van der Waals surface area contributed by atoms with Crippen molar-refractivity contribution in [3.63, 3.8) is 0 Å². The summed E-state index contributed by atoms with van der Waals surface area (Å²) in [6.45, 7) is 6.00. The number of nitrogens with one attached hydrogen (secondary N) is 1. The van der Waals surface area contributed by atoms with Crippen LogP contribution in [0, 0.1) is 0 Å². The zero-order valence-corrected chi connectivity index (χ0v) is 15.5. The van der Waals surface area contributed by atoms with Crippen LogP contribution in [0.25, 0.3) is 0 Å². The van der Waals surface area contributed by atoms with E-state index in [9.17, 15) is 9.59 Å². The first-order chi connectivity index (χ1) is 12.5. The van der Waals surface area contributed by atoms with Gasteiger partial charge >= 0.3 is 5.97 Å². The van der Waals surface area contributed by atoms with Crippen LogP contribution in [0.5, 0.6) is 5.75 Å². The number of aryl methyl sites for hydroxylation is 1. The molecule has 0 heterocycles. The SMILES string of the molecule is CCCOC(=O)C(C)Oc1ccc(C(=O)Nc2ccccc2CC)cc1. The van der Waals surface area contributed by atoms with E-state index in [0.717, 1.165) is 24.1 Å². The highest BCUT2D eigenvalue weighted by atomic mass is 16.6. The van der Waals surface area contributed by atoms with E-state index >= 15 is 0 Å². The van der Waals surface area contributed by atoms with Crippen molar-refractivity contribution in [2.75, 3.05) is 11.9 Å². The summed E-state index contributed by atoms with van der Waals surface area (Å²) in [7, 11) is 0. The summed E-state index contributed by atoms with van der Waals surface area (Å²) in [6.07, 6.45) is 0.913. The van der Waals surface area contributed by atoms with Crippen molar-refractivity contribution in [2.24, 2.45) is 0 Å². The molecule has 2 aromatic carbocycles. The molecule has 1 amide bonds. The topological polar surface area (TPSA) is 64.6 Å². The minimum absolute atomic E-state index is 0.187. The lowest BCUT2D eigenvalue weighted by Crippen LogP contribution is -2.26. The van der Waals surface area contributed by atoms with Crippen LogP contribution in [-0.4, -0.2) is 24.6 Å². The molecule has 0 fully saturated rings. The maximum Gasteiger partial charge on any atom is 0.347 e. The van der Waals surface area contributed by atoms with E-state index in [-0.39, 0.29) is 5.91 Å². The first kappa shape index (κ1) is 19.5. The third-order valence-electron chi connectivity index (χ3n) is 3.86. The van der Waals surface area contributed by atoms with Crippen LogP contribution in [0.15, 0.2) is 48.5 Å². The average Bonchev–Trinajstić information content (AvgIpc) is 2.66. The number of amides is 1. The molecule has 138 valence electrons. The predicted octanol–water partition coefficient (Wildman–Crippen LogP) is 4.22. The molecule has 1 N–H and O–H groups in total. The number of benzene rings is 2. The highest BCUT2D eigenvalue weighted by Gasteiger charge is 2.16. The molecule has 5 heteroatoms. The van der Waals surface area contributed by atoms with Crippen LogP contribution in [-0.2, 0) is 16.0 Å². The van der Waals surface area contributed by atoms with Gasteiger partial charge in [0.15, 0.2) is 6.10 Å². The van der Waals surface area contributed by atoms with Gasteiger partial charge in [-0.25, -0.2) is 4.79 Å². The summed E-state index contributed by atoms with van der Waals surface area (Å²) in [4.78, 5) is 24.1. The highest BCUT2D eigenvalue weighted by Crippen LogP contribution is 2.18. The highest BCUT2D eigenvalue weighted by molar-refractivity contribution is 6.04. The van der Waals surface area contributed by atoms with Gasteiger partial charge in [0.25, 0.3) is 5.91 Å². The van der Waals surface area contributed by atoms with E-state index in [1.807, 2.05) is 38.1 Å². The Labute approximate surface area is 154 Å². The van der Waals surface area contributed by atoms with Gasteiger partial charge in [0.1, 0.15) is 5.75 Å². The Hall–Kier alpha value is -2.82. The maximum absolute atomic E-state index is 12.4. The lowest BCUT2D eigenvalue weighted by atomic mass is 10.1. The van der Waals surface area contributed by atoms with Crippen molar-refractivity contribution in [3.8, 4) is 5.75 Å². The molecule has 2 aromatic rings. The standard InChI is InChI=1S/C21H25NO4/c1-4-14-25-21(24)15(3)26-18-12-10-17(11-13-18)20(23)22-19-9-7-6-8-16(19)5-2/h6-13,15H,4-5,14H2,1-3H3,(H,22,23). The van der Waals surface area contributed by atoms with Gasteiger partial charge in [0, 0.05) is 11.3 Å². The first-order valence-corrected chi connectivity index (χ1v) is 8.87. The fraction of sp³-hybridized carbons (Fsp3) is 0.333. The Morgan fingerprint density at radius 1 is 1.04 bits per heavy atom. The molecule has 26 heavy (non-hydrogen) atoms. The normalized spacial score (nSPS) is 11.5. The molecule has 1 atom stereocenters. The molecule has 0 bridgehead atoms. The minimum Gasteiger partial charge on any atom is -0.479 e. The van der Waals surface area contributed by atoms with Crippen molar-refractivity contribution in [3.05, 3.63) is 59.7 Å². The summed E-state index contributed by atoms with van der Waals surface area (Å²) in [6, 6.07) is 14.4. The number of anilines is 1. The molecule has 0 saturated carbocycles. The number of carbonyl (C=O) groups excluding carboxylic acids is 2. The molecule has 0 saturated heterocycles. The van der Waals surface area contributed by atoms with Gasteiger partial charge in [-0.2, -0.15) is 0 Å². The lowest BCUT2D eigenvalue weighted by Gasteiger charge is -2.14. The third-order valence-corrected chi connectivity index (χ3v) is 3.86. The Kier molecular flexibility index (Phi) is 7.21. The second-order valence-electron chi connectivity index (χ2n) is 5.92. The molecule has 0 aliphatic carbocycles. The van der Waals surface area contributed by atoms with Crippen molar-refractivity contribution in [2.45, 2.75) is 39.7 Å². The van der Waals surface area contributed by atoms with Gasteiger partial charge in [-0.1, -0.05) is 32.0 Å². The summed E-state index contributed by atoms with van der Waals surface area (Å²) >= 11 is 0.